The molecule has 0 atom stereocenters. The first kappa shape index (κ1) is 7.49. The zero-order chi connectivity index (χ0) is 5.54. The average Bonchev–Trinajstić information content (AvgIpc) is 1.69. The molecule has 1 heteroatoms. The quantitative estimate of drug-likeness (QED) is 0.463. The maximum atomic E-state index is 2.54. The molecule has 0 aliphatic rings. The Hall–Kier alpha value is 0.493. The second-order valence-electron chi connectivity index (χ2n) is 1.64. The number of unbranched alkanes of at least 4 members (excludes halogenated alkanes) is 3. The molecule has 0 N–H and O–H groups in total. The van der Waals surface area contributed by atoms with E-state index in [0.29, 0.717) is 0 Å². The van der Waals surface area contributed by atoms with Gasteiger partial charge < -0.3 is 0 Å². The van der Waals surface area contributed by atoms with Gasteiger partial charge in [0.2, 0.25) is 0 Å². The Morgan fingerprint density at radius 1 is 1.43 bits per heavy atom. The zero-order valence-electron chi connectivity index (χ0n) is 4.76. The monoisotopic (exact) mass is 186 g/mol. The van der Waals surface area contributed by atoms with Crippen molar-refractivity contribution in [1.82, 2.24) is 0 Å². The number of hydrogen-bond acceptors (Lipinski definition) is 0. The molecule has 0 unspecified atom stereocenters. The minimum absolute atomic E-state index is 1.27. The number of hydrogen-bond donors (Lipinski definition) is 0. The molecule has 0 nitrogen and oxygen atoms in total. The molecule has 0 aromatic rings. The van der Waals surface area contributed by atoms with E-state index < -0.39 is 0 Å². The first-order chi connectivity index (χ1) is 3.41. The van der Waals surface area contributed by atoms with Crippen molar-refractivity contribution in [2.45, 2.75) is 32.6 Å². The van der Waals surface area contributed by atoms with Crippen molar-refractivity contribution < 1.29 is 17.9 Å². The number of rotatable bonds is 4. The second-order valence-corrected chi connectivity index (χ2v) is 2.35. The standard InChI is InChI=1S/C6H12.Ru/c1-3-5-6-4-2;/h1H,3-6H2,2H3;/q;+1. The predicted octanol–water partition coefficient (Wildman–Crippen LogP) is 1.92. The van der Waals surface area contributed by atoms with Gasteiger partial charge in [0.15, 0.2) is 0 Å². The van der Waals surface area contributed by atoms with E-state index >= 15 is 0 Å². The Morgan fingerprint density at radius 2 is 2.14 bits per heavy atom. The van der Waals surface area contributed by atoms with Crippen molar-refractivity contribution in [1.29, 1.82) is 0 Å². The van der Waals surface area contributed by atoms with E-state index in [9.17, 15) is 0 Å². The third kappa shape index (κ3) is 6.49. The topological polar surface area (TPSA) is 0 Å². The molecule has 0 aliphatic carbocycles. The maximum absolute atomic E-state index is 2.54. The van der Waals surface area contributed by atoms with Gasteiger partial charge in [-0.15, -0.1) is 0 Å². The van der Waals surface area contributed by atoms with Crippen LogP contribution in [0.3, 0.4) is 0 Å². The molecule has 43 valence electrons. The summed E-state index contributed by atoms with van der Waals surface area (Å²) in [5.74, 6) is 0. The van der Waals surface area contributed by atoms with E-state index in [1.165, 1.54) is 25.7 Å². The van der Waals surface area contributed by atoms with Crippen molar-refractivity contribution in [2.75, 3.05) is 0 Å². The molecule has 0 heterocycles. The predicted molar refractivity (Wildman–Crippen MR) is 30.2 cm³/mol. The van der Waals surface area contributed by atoms with Gasteiger partial charge in [-0.3, -0.25) is 0 Å². The van der Waals surface area contributed by atoms with Crippen molar-refractivity contribution in [3.05, 3.63) is 0 Å². The molecular formula is C6H12Ru+. The fourth-order valence-electron chi connectivity index (χ4n) is 0.467. The molecule has 0 spiro atoms. The summed E-state index contributed by atoms with van der Waals surface area (Å²) >= 11 is 2.54. The van der Waals surface area contributed by atoms with E-state index in [4.69, 9.17) is 0 Å². The van der Waals surface area contributed by atoms with E-state index in [-0.39, 0.29) is 0 Å². The minimum atomic E-state index is 1.27. The van der Waals surface area contributed by atoms with Crippen LogP contribution in [0.4, 0.5) is 0 Å². The average molecular weight is 185 g/mol. The molecule has 0 aliphatic heterocycles. The molecule has 0 aromatic heterocycles. The molecule has 0 saturated heterocycles. The van der Waals surface area contributed by atoms with Gasteiger partial charge in [-0.05, 0) is 0 Å². The van der Waals surface area contributed by atoms with Crippen molar-refractivity contribution in [2.24, 2.45) is 0 Å². The van der Waals surface area contributed by atoms with Crippen LogP contribution in [0, 0.1) is 0 Å². The van der Waals surface area contributed by atoms with E-state index in [0.717, 1.165) is 0 Å². The van der Waals surface area contributed by atoms with Crippen LogP contribution in [0.5, 0.6) is 0 Å². The summed E-state index contributed by atoms with van der Waals surface area (Å²) < 4.78 is 2.16. The Labute approximate surface area is 55.5 Å². The Bertz CT molecular complexity index is 41.4. The zero-order valence-corrected chi connectivity index (χ0v) is 6.50. The molecular weight excluding hydrogens is 173 g/mol. The van der Waals surface area contributed by atoms with Crippen LogP contribution in [0.25, 0.3) is 0 Å². The van der Waals surface area contributed by atoms with Gasteiger partial charge in [0.1, 0.15) is 0 Å². The third-order valence-corrected chi connectivity index (χ3v) is 1.41. The second kappa shape index (κ2) is 6.49. The van der Waals surface area contributed by atoms with Crippen molar-refractivity contribution in [3.8, 4) is 0 Å². The summed E-state index contributed by atoms with van der Waals surface area (Å²) in [5, 5.41) is 0. The molecule has 0 aromatic carbocycles. The van der Waals surface area contributed by atoms with E-state index in [1.54, 1.807) is 0 Å². The van der Waals surface area contributed by atoms with Gasteiger partial charge in [0.05, 0.1) is 0 Å². The molecule has 0 amide bonds. The molecule has 0 saturated carbocycles. The summed E-state index contributed by atoms with van der Waals surface area (Å²) in [5.41, 5.74) is 0. The van der Waals surface area contributed by atoms with Crippen LogP contribution >= 0.6 is 0 Å². The summed E-state index contributed by atoms with van der Waals surface area (Å²) in [4.78, 5) is 0. The van der Waals surface area contributed by atoms with Crippen LogP contribution in [0.2, 0.25) is 0 Å². The van der Waals surface area contributed by atoms with Crippen LogP contribution in [-0.2, 0) is 17.9 Å². The molecule has 0 radical (unpaired) electrons. The first-order valence-corrected chi connectivity index (χ1v) is 3.82. The van der Waals surface area contributed by atoms with E-state index in [1.807, 2.05) is 0 Å². The Kier molecular flexibility index (Phi) is 6.95. The SMILES string of the molecule is CCCCC[CH]=[Ru+]. The van der Waals surface area contributed by atoms with Crippen LogP contribution in [0.1, 0.15) is 32.6 Å². The van der Waals surface area contributed by atoms with Crippen LogP contribution in [-0.4, -0.2) is 4.61 Å². The van der Waals surface area contributed by atoms with Gasteiger partial charge in [0.25, 0.3) is 0 Å². The normalized spacial score (nSPS) is 8.71. The van der Waals surface area contributed by atoms with Crippen LogP contribution < -0.4 is 0 Å². The van der Waals surface area contributed by atoms with Crippen molar-refractivity contribution in [3.63, 3.8) is 0 Å². The van der Waals surface area contributed by atoms with Gasteiger partial charge in [-0.2, -0.15) is 0 Å². The molecule has 0 fully saturated rings. The summed E-state index contributed by atoms with van der Waals surface area (Å²) in [6.07, 6.45) is 5.35. The van der Waals surface area contributed by atoms with Gasteiger partial charge in [-0.1, -0.05) is 0 Å². The van der Waals surface area contributed by atoms with Gasteiger partial charge in [-0.25, -0.2) is 0 Å². The summed E-state index contributed by atoms with van der Waals surface area (Å²) in [6, 6.07) is 0. The summed E-state index contributed by atoms with van der Waals surface area (Å²) in [7, 11) is 0. The fourth-order valence-corrected chi connectivity index (χ4v) is 0.821. The Morgan fingerprint density at radius 3 is 2.57 bits per heavy atom. The first-order valence-electron chi connectivity index (χ1n) is 2.82. The molecule has 0 rings (SSSR count). The van der Waals surface area contributed by atoms with Crippen LogP contribution in [0.15, 0.2) is 0 Å². The fraction of sp³-hybridized carbons (Fsp3) is 0.833. The van der Waals surface area contributed by atoms with Gasteiger partial charge >= 0.3 is 55.1 Å². The van der Waals surface area contributed by atoms with Gasteiger partial charge in [0, 0.05) is 0 Å². The summed E-state index contributed by atoms with van der Waals surface area (Å²) in [6.45, 7) is 2.23. The Balaban J connectivity index is 2.56. The van der Waals surface area contributed by atoms with E-state index in [2.05, 4.69) is 29.4 Å². The van der Waals surface area contributed by atoms with Crippen molar-refractivity contribution >= 4 is 4.61 Å². The molecule has 7 heavy (non-hydrogen) atoms. The molecule has 0 bridgehead atoms. The third-order valence-electron chi connectivity index (χ3n) is 0.910.